The highest BCUT2D eigenvalue weighted by Gasteiger charge is 2.09. The van der Waals surface area contributed by atoms with E-state index in [1.54, 1.807) is 18.9 Å². The first-order valence-electron chi connectivity index (χ1n) is 4.87. The molecule has 0 saturated heterocycles. The van der Waals surface area contributed by atoms with Crippen LogP contribution < -0.4 is 10.5 Å². The summed E-state index contributed by atoms with van der Waals surface area (Å²) < 4.78 is 5.27. The van der Waals surface area contributed by atoms with Crippen molar-refractivity contribution >= 4 is 23.4 Å². The fraction of sp³-hybridized carbons (Fsp3) is 0.455. The molecule has 0 radical (unpaired) electrons. The number of benzene rings is 1. The Hall–Kier alpha value is -0.380. The van der Waals surface area contributed by atoms with Gasteiger partial charge in [-0.2, -0.15) is 0 Å². The first-order valence-corrected chi connectivity index (χ1v) is 6.13. The predicted octanol–water partition coefficient (Wildman–Crippen LogP) is 3.18. The summed E-state index contributed by atoms with van der Waals surface area (Å²) in [7, 11) is 1.67. The summed E-state index contributed by atoms with van der Waals surface area (Å²) in [6.07, 6.45) is 0.986. The largest absolute Gasteiger partial charge is 0.496 e. The van der Waals surface area contributed by atoms with Gasteiger partial charge in [0, 0.05) is 10.3 Å². The van der Waals surface area contributed by atoms with Crippen LogP contribution >= 0.6 is 23.4 Å². The molecule has 0 aliphatic heterocycles. The molecule has 1 rings (SSSR count). The smallest absolute Gasteiger partial charge is 0.132 e. The van der Waals surface area contributed by atoms with E-state index in [0.717, 1.165) is 22.1 Å². The van der Waals surface area contributed by atoms with Crippen LogP contribution in [0.1, 0.15) is 13.3 Å². The van der Waals surface area contributed by atoms with Gasteiger partial charge in [0.15, 0.2) is 0 Å². The molecule has 84 valence electrons. The van der Waals surface area contributed by atoms with E-state index in [2.05, 4.69) is 6.92 Å². The number of halogens is 1. The Balaban J connectivity index is 2.77. The summed E-state index contributed by atoms with van der Waals surface area (Å²) in [5.74, 6) is 0.869. The molecule has 0 aliphatic rings. The monoisotopic (exact) mass is 245 g/mol. The van der Waals surface area contributed by atoms with Crippen LogP contribution in [0.2, 0.25) is 5.02 Å². The molecule has 2 nitrogen and oxygen atoms in total. The zero-order valence-electron chi connectivity index (χ0n) is 9.00. The lowest BCUT2D eigenvalue weighted by Gasteiger charge is -2.13. The Morgan fingerprint density at radius 2 is 2.27 bits per heavy atom. The quantitative estimate of drug-likeness (QED) is 0.810. The second-order valence-electron chi connectivity index (χ2n) is 3.30. The molecule has 0 aliphatic carbocycles. The number of hydrogen-bond acceptors (Lipinski definition) is 3. The van der Waals surface area contributed by atoms with Crippen LogP contribution in [0.25, 0.3) is 0 Å². The highest BCUT2D eigenvalue weighted by atomic mass is 35.5. The summed E-state index contributed by atoms with van der Waals surface area (Å²) >= 11 is 7.68. The van der Waals surface area contributed by atoms with Crippen molar-refractivity contribution in [1.29, 1.82) is 0 Å². The molecular weight excluding hydrogens is 230 g/mol. The van der Waals surface area contributed by atoms with Crippen molar-refractivity contribution in [2.75, 3.05) is 13.7 Å². The Bertz CT molecular complexity index is 319. The Labute approximate surface area is 100 Å². The lowest BCUT2D eigenvalue weighted by molar-refractivity contribution is 0.404. The average molecular weight is 246 g/mol. The number of methoxy groups -OCH3 is 1. The first-order chi connectivity index (χ1) is 7.17. The zero-order chi connectivity index (χ0) is 11.3. The van der Waals surface area contributed by atoms with Crippen molar-refractivity contribution in [3.63, 3.8) is 0 Å². The molecule has 0 bridgehead atoms. The van der Waals surface area contributed by atoms with Gasteiger partial charge in [0.1, 0.15) is 5.75 Å². The molecule has 0 spiro atoms. The van der Waals surface area contributed by atoms with E-state index >= 15 is 0 Å². The van der Waals surface area contributed by atoms with Gasteiger partial charge in [0.05, 0.1) is 12.0 Å². The van der Waals surface area contributed by atoms with Crippen molar-refractivity contribution in [2.24, 2.45) is 5.73 Å². The molecule has 1 unspecified atom stereocenters. The zero-order valence-corrected chi connectivity index (χ0v) is 10.6. The third kappa shape index (κ3) is 3.93. The number of rotatable bonds is 5. The lowest BCUT2D eigenvalue weighted by Crippen LogP contribution is -2.07. The summed E-state index contributed by atoms with van der Waals surface area (Å²) in [5, 5.41) is 1.21. The summed E-state index contributed by atoms with van der Waals surface area (Å²) in [6, 6.07) is 5.65. The highest BCUT2D eigenvalue weighted by molar-refractivity contribution is 8.00. The molecule has 15 heavy (non-hydrogen) atoms. The van der Waals surface area contributed by atoms with Crippen molar-refractivity contribution in [1.82, 2.24) is 0 Å². The summed E-state index contributed by atoms with van der Waals surface area (Å²) in [6.45, 7) is 2.86. The highest BCUT2D eigenvalue weighted by Crippen LogP contribution is 2.34. The van der Waals surface area contributed by atoms with Gasteiger partial charge in [-0.05, 0) is 31.2 Å². The standard InChI is InChI=1S/C11H16ClNOS/c1-8(5-6-13)15-11-7-9(12)3-4-10(11)14-2/h3-4,7-8H,5-6,13H2,1-2H3. The third-order valence-electron chi connectivity index (χ3n) is 2.03. The van der Waals surface area contributed by atoms with Crippen LogP contribution in [0.15, 0.2) is 23.1 Å². The van der Waals surface area contributed by atoms with Gasteiger partial charge < -0.3 is 10.5 Å². The molecule has 1 aromatic carbocycles. The third-order valence-corrected chi connectivity index (χ3v) is 3.47. The molecule has 1 atom stereocenters. The fourth-order valence-corrected chi connectivity index (χ4v) is 2.64. The Morgan fingerprint density at radius 3 is 2.87 bits per heavy atom. The number of hydrogen-bond donors (Lipinski definition) is 1. The minimum Gasteiger partial charge on any atom is -0.496 e. The molecular formula is C11H16ClNOS. The molecule has 2 N–H and O–H groups in total. The summed E-state index contributed by atoms with van der Waals surface area (Å²) in [5.41, 5.74) is 5.51. The molecule has 0 fully saturated rings. The van der Waals surface area contributed by atoms with Crippen LogP contribution in [-0.2, 0) is 0 Å². The van der Waals surface area contributed by atoms with Crippen LogP contribution in [0.5, 0.6) is 5.75 Å². The Kier molecular flexibility index (Phi) is 5.29. The number of ether oxygens (including phenoxy) is 1. The number of thioether (sulfide) groups is 1. The maximum absolute atomic E-state index is 5.94. The van der Waals surface area contributed by atoms with E-state index in [1.807, 2.05) is 18.2 Å². The van der Waals surface area contributed by atoms with Crippen LogP contribution in [0.4, 0.5) is 0 Å². The van der Waals surface area contributed by atoms with E-state index in [9.17, 15) is 0 Å². The van der Waals surface area contributed by atoms with Crippen LogP contribution in [-0.4, -0.2) is 18.9 Å². The number of nitrogens with two attached hydrogens (primary N) is 1. The maximum Gasteiger partial charge on any atom is 0.132 e. The normalized spacial score (nSPS) is 12.5. The van der Waals surface area contributed by atoms with Gasteiger partial charge in [-0.25, -0.2) is 0 Å². The molecule has 4 heteroatoms. The van der Waals surface area contributed by atoms with Gasteiger partial charge in [-0.1, -0.05) is 18.5 Å². The van der Waals surface area contributed by atoms with Crippen LogP contribution in [0.3, 0.4) is 0 Å². The van der Waals surface area contributed by atoms with Crippen molar-refractivity contribution < 1.29 is 4.74 Å². The molecule has 1 aromatic rings. The molecule has 0 heterocycles. The SMILES string of the molecule is COc1ccc(Cl)cc1SC(C)CCN. The van der Waals surface area contributed by atoms with Gasteiger partial charge in [-0.15, -0.1) is 11.8 Å². The first kappa shape index (κ1) is 12.7. The van der Waals surface area contributed by atoms with Gasteiger partial charge in [0.2, 0.25) is 0 Å². The molecule has 0 aromatic heterocycles. The topological polar surface area (TPSA) is 35.2 Å². The second-order valence-corrected chi connectivity index (χ2v) is 5.22. The summed E-state index contributed by atoms with van der Waals surface area (Å²) in [4.78, 5) is 1.07. The van der Waals surface area contributed by atoms with Crippen molar-refractivity contribution in [3.8, 4) is 5.75 Å². The second kappa shape index (κ2) is 6.26. The van der Waals surface area contributed by atoms with E-state index in [-0.39, 0.29) is 0 Å². The minimum absolute atomic E-state index is 0.474. The van der Waals surface area contributed by atoms with Crippen molar-refractivity contribution in [3.05, 3.63) is 23.2 Å². The van der Waals surface area contributed by atoms with Gasteiger partial charge >= 0.3 is 0 Å². The lowest BCUT2D eigenvalue weighted by atomic mass is 10.3. The van der Waals surface area contributed by atoms with Crippen molar-refractivity contribution in [2.45, 2.75) is 23.5 Å². The molecule has 0 saturated carbocycles. The fourth-order valence-electron chi connectivity index (χ4n) is 1.25. The van der Waals surface area contributed by atoms with E-state index in [1.165, 1.54) is 0 Å². The van der Waals surface area contributed by atoms with E-state index in [4.69, 9.17) is 22.1 Å². The van der Waals surface area contributed by atoms with Gasteiger partial charge in [0.25, 0.3) is 0 Å². The van der Waals surface area contributed by atoms with Crippen LogP contribution in [0, 0.1) is 0 Å². The average Bonchev–Trinajstić information content (AvgIpc) is 2.18. The molecule has 0 amide bonds. The maximum atomic E-state index is 5.94. The van der Waals surface area contributed by atoms with E-state index in [0.29, 0.717) is 11.8 Å². The van der Waals surface area contributed by atoms with Gasteiger partial charge in [-0.3, -0.25) is 0 Å². The predicted molar refractivity (Wildman–Crippen MR) is 67.0 cm³/mol. The van der Waals surface area contributed by atoms with E-state index < -0.39 is 0 Å². The minimum atomic E-state index is 0.474. The Morgan fingerprint density at radius 1 is 1.53 bits per heavy atom.